The minimum Gasteiger partial charge on any atom is -0.338 e. The van der Waals surface area contributed by atoms with Crippen LogP contribution in [0.1, 0.15) is 48.6 Å². The number of hydrogen-bond donors (Lipinski definition) is 1. The van der Waals surface area contributed by atoms with Crippen molar-refractivity contribution < 1.29 is 0 Å². The molecule has 0 radical (unpaired) electrons. The van der Waals surface area contributed by atoms with E-state index >= 15 is 0 Å². The Morgan fingerprint density at radius 2 is 2.22 bits per heavy atom. The summed E-state index contributed by atoms with van der Waals surface area (Å²) in [4.78, 5) is 5.42. The van der Waals surface area contributed by atoms with Crippen molar-refractivity contribution in [3.05, 3.63) is 28.8 Å². The van der Waals surface area contributed by atoms with E-state index in [0.29, 0.717) is 5.92 Å². The summed E-state index contributed by atoms with van der Waals surface area (Å²) in [6, 6.07) is -0.000833. The van der Waals surface area contributed by atoms with Gasteiger partial charge in [-0.3, -0.25) is 0 Å². The minimum atomic E-state index is -0.000833. The third kappa shape index (κ3) is 2.76. The zero-order valence-corrected chi connectivity index (χ0v) is 11.8. The van der Waals surface area contributed by atoms with Crippen LogP contribution in [0.15, 0.2) is 12.4 Å². The lowest BCUT2D eigenvalue weighted by molar-refractivity contribution is 0.617. The van der Waals surface area contributed by atoms with Gasteiger partial charge < -0.3 is 10.3 Å². The normalized spacial score (nSPS) is 13.2. The van der Waals surface area contributed by atoms with E-state index in [2.05, 4.69) is 28.4 Å². The minimum absolute atomic E-state index is 0.000833. The van der Waals surface area contributed by atoms with Gasteiger partial charge in [-0.1, -0.05) is 18.3 Å². The van der Waals surface area contributed by atoms with Gasteiger partial charge in [-0.05, 0) is 23.9 Å². The highest BCUT2D eigenvalue weighted by molar-refractivity contribution is 7.05. The van der Waals surface area contributed by atoms with Crippen LogP contribution in [0.5, 0.6) is 0 Å². The van der Waals surface area contributed by atoms with Crippen LogP contribution in [0.2, 0.25) is 0 Å². The third-order valence-electron chi connectivity index (χ3n) is 3.02. The average Bonchev–Trinajstić information content (AvgIpc) is 2.94. The largest absolute Gasteiger partial charge is 0.338 e. The van der Waals surface area contributed by atoms with Crippen LogP contribution >= 0.6 is 11.5 Å². The Balaban J connectivity index is 2.01. The van der Waals surface area contributed by atoms with Crippen molar-refractivity contribution in [2.75, 3.05) is 0 Å². The van der Waals surface area contributed by atoms with Crippen molar-refractivity contribution in [2.24, 2.45) is 12.8 Å². The summed E-state index contributed by atoms with van der Waals surface area (Å²) in [5.41, 5.74) is 7.27. The van der Waals surface area contributed by atoms with Crippen molar-refractivity contribution >= 4 is 11.5 Å². The Hall–Kier alpha value is -1.27. The van der Waals surface area contributed by atoms with Gasteiger partial charge in [0.05, 0.1) is 10.6 Å². The summed E-state index contributed by atoms with van der Waals surface area (Å²) in [6.07, 6.45) is 5.51. The molecule has 2 aromatic rings. The predicted octanol–water partition coefficient (Wildman–Crippen LogP) is 2.03. The molecule has 0 aliphatic carbocycles. The van der Waals surface area contributed by atoms with Gasteiger partial charge in [-0.15, -0.1) is 5.10 Å². The van der Waals surface area contributed by atoms with Gasteiger partial charge in [0.2, 0.25) is 0 Å². The topological polar surface area (TPSA) is 69.6 Å². The van der Waals surface area contributed by atoms with Gasteiger partial charge in [-0.25, -0.2) is 4.98 Å². The Morgan fingerprint density at radius 1 is 1.44 bits per heavy atom. The highest BCUT2D eigenvalue weighted by atomic mass is 32.1. The fraction of sp³-hybridized carbons (Fsp3) is 0.583. The van der Waals surface area contributed by atoms with Crippen LogP contribution in [0, 0.1) is 0 Å². The van der Waals surface area contributed by atoms with Gasteiger partial charge in [-0.2, -0.15) is 0 Å². The average molecular weight is 265 g/mol. The molecule has 2 rings (SSSR count). The molecule has 0 aromatic carbocycles. The first-order valence-electron chi connectivity index (χ1n) is 6.13. The van der Waals surface area contributed by atoms with Crippen LogP contribution in [0.4, 0.5) is 0 Å². The molecule has 2 heterocycles. The molecule has 0 amide bonds. The van der Waals surface area contributed by atoms with E-state index < -0.39 is 0 Å². The quantitative estimate of drug-likeness (QED) is 0.898. The molecule has 1 atom stereocenters. The highest BCUT2D eigenvalue weighted by Crippen LogP contribution is 2.27. The zero-order chi connectivity index (χ0) is 13.1. The second-order valence-electron chi connectivity index (χ2n) is 4.78. The van der Waals surface area contributed by atoms with Gasteiger partial charge >= 0.3 is 0 Å². The van der Waals surface area contributed by atoms with Crippen LogP contribution in [0.25, 0.3) is 0 Å². The molecular formula is C12H19N5S. The monoisotopic (exact) mass is 265 g/mol. The fourth-order valence-corrected chi connectivity index (χ4v) is 2.76. The Bertz CT molecular complexity index is 502. The first-order chi connectivity index (χ1) is 8.59. The Morgan fingerprint density at radius 3 is 2.83 bits per heavy atom. The van der Waals surface area contributed by atoms with Crippen molar-refractivity contribution in [3.63, 3.8) is 0 Å². The summed E-state index contributed by atoms with van der Waals surface area (Å²) in [6.45, 7) is 4.23. The molecule has 0 fully saturated rings. The summed E-state index contributed by atoms with van der Waals surface area (Å²) in [5.74, 6) is 1.44. The van der Waals surface area contributed by atoms with Crippen LogP contribution in [0.3, 0.4) is 0 Å². The number of aryl methyl sites for hydroxylation is 2. The third-order valence-corrected chi connectivity index (χ3v) is 3.90. The zero-order valence-electron chi connectivity index (χ0n) is 11.0. The molecule has 0 bridgehead atoms. The molecule has 18 heavy (non-hydrogen) atoms. The predicted molar refractivity (Wildman–Crippen MR) is 72.5 cm³/mol. The standard InChI is InChI=1S/C12H19N5S/c1-8(2)11-12(18-16-15-11)9(13)4-5-10-14-6-7-17(10)3/h6-9H,4-5,13H2,1-3H3. The lowest BCUT2D eigenvalue weighted by Gasteiger charge is -2.12. The van der Waals surface area contributed by atoms with E-state index in [4.69, 9.17) is 5.73 Å². The summed E-state index contributed by atoms with van der Waals surface area (Å²) in [5, 5.41) is 4.17. The number of nitrogens with two attached hydrogens (primary N) is 1. The molecular weight excluding hydrogens is 246 g/mol. The molecule has 5 nitrogen and oxygen atoms in total. The van der Waals surface area contributed by atoms with Crippen molar-refractivity contribution in [3.8, 4) is 0 Å². The molecule has 0 aliphatic rings. The number of nitrogens with zero attached hydrogens (tertiary/aromatic N) is 4. The number of aromatic nitrogens is 4. The molecule has 0 saturated heterocycles. The lowest BCUT2D eigenvalue weighted by Crippen LogP contribution is -2.13. The van der Waals surface area contributed by atoms with Gasteiger partial charge in [0.1, 0.15) is 5.82 Å². The molecule has 2 aromatic heterocycles. The molecule has 98 valence electrons. The summed E-state index contributed by atoms with van der Waals surface area (Å²) >= 11 is 1.41. The molecule has 2 N–H and O–H groups in total. The van der Waals surface area contributed by atoms with Crippen LogP contribution < -0.4 is 5.73 Å². The first kappa shape index (κ1) is 13.2. The Kier molecular flexibility index (Phi) is 4.08. The van der Waals surface area contributed by atoms with Crippen LogP contribution in [-0.2, 0) is 13.5 Å². The molecule has 0 spiro atoms. The summed E-state index contributed by atoms with van der Waals surface area (Å²) in [7, 11) is 2.00. The van der Waals surface area contributed by atoms with E-state index in [1.165, 1.54) is 11.5 Å². The van der Waals surface area contributed by atoms with E-state index in [-0.39, 0.29) is 6.04 Å². The van der Waals surface area contributed by atoms with E-state index in [0.717, 1.165) is 29.2 Å². The van der Waals surface area contributed by atoms with E-state index in [1.807, 2.05) is 24.0 Å². The molecule has 0 aliphatic heterocycles. The smallest absolute Gasteiger partial charge is 0.108 e. The van der Waals surface area contributed by atoms with E-state index in [9.17, 15) is 0 Å². The molecule has 1 unspecified atom stereocenters. The van der Waals surface area contributed by atoms with Crippen molar-refractivity contribution in [1.29, 1.82) is 0 Å². The van der Waals surface area contributed by atoms with E-state index in [1.54, 1.807) is 0 Å². The first-order valence-corrected chi connectivity index (χ1v) is 6.91. The highest BCUT2D eigenvalue weighted by Gasteiger charge is 2.18. The number of imidazole rings is 1. The number of hydrogen-bond acceptors (Lipinski definition) is 5. The second-order valence-corrected chi connectivity index (χ2v) is 5.56. The Labute approximate surface area is 111 Å². The fourth-order valence-electron chi connectivity index (χ4n) is 1.92. The van der Waals surface area contributed by atoms with Gasteiger partial charge in [0.25, 0.3) is 0 Å². The summed E-state index contributed by atoms with van der Waals surface area (Å²) < 4.78 is 6.05. The lowest BCUT2D eigenvalue weighted by atomic mass is 10.0. The number of rotatable bonds is 5. The SMILES string of the molecule is CC(C)c1nnsc1C(N)CCc1nccn1C. The van der Waals surface area contributed by atoms with Gasteiger partial charge in [0, 0.05) is 31.9 Å². The van der Waals surface area contributed by atoms with Gasteiger partial charge in [0.15, 0.2) is 0 Å². The molecule has 6 heteroatoms. The van der Waals surface area contributed by atoms with Crippen molar-refractivity contribution in [1.82, 2.24) is 19.1 Å². The molecule has 0 saturated carbocycles. The second kappa shape index (κ2) is 5.58. The van der Waals surface area contributed by atoms with Crippen molar-refractivity contribution in [2.45, 2.75) is 38.6 Å². The maximum Gasteiger partial charge on any atom is 0.108 e. The maximum atomic E-state index is 6.24. The van der Waals surface area contributed by atoms with Crippen LogP contribution in [-0.4, -0.2) is 19.1 Å². The maximum absolute atomic E-state index is 6.24.